The summed E-state index contributed by atoms with van der Waals surface area (Å²) >= 11 is 0. The van der Waals surface area contributed by atoms with Crippen LogP contribution >= 0.6 is 0 Å². The van der Waals surface area contributed by atoms with Gasteiger partial charge in [0, 0.05) is 28.7 Å². The number of amides is 1. The van der Waals surface area contributed by atoms with E-state index in [4.69, 9.17) is 9.40 Å². The lowest BCUT2D eigenvalue weighted by Crippen LogP contribution is -2.13. The summed E-state index contributed by atoms with van der Waals surface area (Å²) in [5.41, 5.74) is 4.55. The van der Waals surface area contributed by atoms with Crippen LogP contribution in [0.2, 0.25) is 0 Å². The van der Waals surface area contributed by atoms with Gasteiger partial charge in [0.15, 0.2) is 5.65 Å². The van der Waals surface area contributed by atoms with Crippen LogP contribution in [0.5, 0.6) is 0 Å². The highest BCUT2D eigenvalue weighted by atomic mass is 16.4. The predicted molar refractivity (Wildman–Crippen MR) is 129 cm³/mol. The van der Waals surface area contributed by atoms with E-state index in [0.717, 1.165) is 16.5 Å². The zero-order valence-corrected chi connectivity index (χ0v) is 18.5. The molecule has 33 heavy (non-hydrogen) atoms. The summed E-state index contributed by atoms with van der Waals surface area (Å²) in [6.45, 7) is 6.08. The van der Waals surface area contributed by atoms with Crippen LogP contribution in [-0.2, 0) is 0 Å². The zero-order chi connectivity index (χ0) is 23.1. The summed E-state index contributed by atoms with van der Waals surface area (Å²) in [6, 6.07) is 18.0. The maximum atomic E-state index is 13.4. The van der Waals surface area contributed by atoms with Crippen LogP contribution in [0.25, 0.3) is 33.3 Å². The molecule has 2 aromatic carbocycles. The Morgan fingerprint density at radius 1 is 1.06 bits per heavy atom. The third-order valence-electron chi connectivity index (χ3n) is 5.60. The molecule has 0 spiro atoms. The fourth-order valence-electron chi connectivity index (χ4n) is 3.93. The molecule has 0 atom stereocenters. The lowest BCUT2D eigenvalue weighted by molar-refractivity contribution is 0.102. The third kappa shape index (κ3) is 3.78. The fourth-order valence-corrected chi connectivity index (χ4v) is 3.93. The lowest BCUT2D eigenvalue weighted by atomic mass is 10.0. The van der Waals surface area contributed by atoms with Gasteiger partial charge in [-0.2, -0.15) is 5.10 Å². The first-order valence-corrected chi connectivity index (χ1v) is 10.7. The normalized spacial score (nSPS) is 11.4. The molecule has 0 saturated heterocycles. The average molecular weight is 438 g/mol. The summed E-state index contributed by atoms with van der Waals surface area (Å²) in [6.07, 6.45) is 1.69. The molecule has 0 fully saturated rings. The first-order chi connectivity index (χ1) is 15.9. The Hall–Kier alpha value is -4.26. The molecule has 0 unspecified atom stereocenters. The molecule has 0 aliphatic rings. The van der Waals surface area contributed by atoms with Gasteiger partial charge in [0.25, 0.3) is 5.91 Å². The van der Waals surface area contributed by atoms with Crippen LogP contribution in [0.15, 0.2) is 76.1 Å². The molecule has 3 aromatic heterocycles. The van der Waals surface area contributed by atoms with Crippen molar-refractivity contribution in [3.63, 3.8) is 0 Å². The number of carbonyl (C=O) groups excluding carboxylic acids is 1. The highest BCUT2D eigenvalue weighted by Gasteiger charge is 2.19. The summed E-state index contributed by atoms with van der Waals surface area (Å²) in [7, 11) is 0. The van der Waals surface area contributed by atoms with Crippen LogP contribution in [0.1, 0.15) is 35.8 Å². The number of nitrogens with one attached hydrogen (secondary N) is 1. The van der Waals surface area contributed by atoms with Crippen molar-refractivity contribution in [2.75, 3.05) is 5.32 Å². The van der Waals surface area contributed by atoms with Crippen molar-refractivity contribution in [3.8, 4) is 11.3 Å². The molecule has 7 nitrogen and oxygen atoms in total. The average Bonchev–Trinajstić information content (AvgIpc) is 3.23. The van der Waals surface area contributed by atoms with Crippen molar-refractivity contribution in [2.45, 2.75) is 26.8 Å². The van der Waals surface area contributed by atoms with E-state index in [-0.39, 0.29) is 11.9 Å². The van der Waals surface area contributed by atoms with Crippen LogP contribution in [0, 0.1) is 6.92 Å². The van der Waals surface area contributed by atoms with Crippen LogP contribution in [-0.4, -0.2) is 20.7 Å². The van der Waals surface area contributed by atoms with Crippen molar-refractivity contribution in [3.05, 3.63) is 88.4 Å². The number of aryl methyl sites for hydroxylation is 1. The Kier molecular flexibility index (Phi) is 5.01. The van der Waals surface area contributed by atoms with Gasteiger partial charge in [-0.15, -0.1) is 0 Å². The maximum Gasteiger partial charge on any atom is 0.336 e. The van der Waals surface area contributed by atoms with E-state index in [2.05, 4.69) is 10.4 Å². The van der Waals surface area contributed by atoms with E-state index < -0.39 is 5.63 Å². The van der Waals surface area contributed by atoms with Gasteiger partial charge >= 0.3 is 5.63 Å². The minimum Gasteiger partial charge on any atom is -0.423 e. The maximum absolute atomic E-state index is 13.4. The Balaban J connectivity index is 1.62. The molecule has 164 valence electrons. The number of aromatic nitrogens is 3. The SMILES string of the molecule is Cc1ccccc1-c1cc(C(=O)Nc2ccc3oc(=O)ccc3c2)c2cnn(C(C)C)c2n1. The number of hydrogen-bond acceptors (Lipinski definition) is 5. The molecule has 5 rings (SSSR count). The van der Waals surface area contributed by atoms with E-state index >= 15 is 0 Å². The summed E-state index contributed by atoms with van der Waals surface area (Å²) < 4.78 is 7.00. The molecule has 5 aromatic rings. The van der Waals surface area contributed by atoms with Gasteiger partial charge in [0.05, 0.1) is 22.8 Å². The summed E-state index contributed by atoms with van der Waals surface area (Å²) in [5.74, 6) is -0.266. The number of nitrogens with zero attached hydrogens (tertiary/aromatic N) is 3. The molecule has 0 radical (unpaired) electrons. The Bertz CT molecular complexity index is 1580. The number of pyridine rings is 1. The largest absolute Gasteiger partial charge is 0.423 e. The van der Waals surface area contributed by atoms with Gasteiger partial charge < -0.3 is 9.73 Å². The van der Waals surface area contributed by atoms with E-state index in [1.165, 1.54) is 6.07 Å². The van der Waals surface area contributed by atoms with Crippen LogP contribution in [0.4, 0.5) is 5.69 Å². The Morgan fingerprint density at radius 2 is 1.88 bits per heavy atom. The molecule has 1 amide bonds. The molecule has 0 aliphatic carbocycles. The molecule has 7 heteroatoms. The highest BCUT2D eigenvalue weighted by Crippen LogP contribution is 2.29. The first kappa shape index (κ1) is 20.6. The van der Waals surface area contributed by atoms with Crippen molar-refractivity contribution in [1.29, 1.82) is 0 Å². The molecule has 3 heterocycles. The summed E-state index contributed by atoms with van der Waals surface area (Å²) in [5, 5.41) is 8.86. The Labute approximate surface area is 189 Å². The fraction of sp³-hybridized carbons (Fsp3) is 0.154. The number of carbonyl (C=O) groups is 1. The topological polar surface area (TPSA) is 90.0 Å². The lowest BCUT2D eigenvalue weighted by Gasteiger charge is -2.12. The molecular weight excluding hydrogens is 416 g/mol. The third-order valence-corrected chi connectivity index (χ3v) is 5.60. The van der Waals surface area contributed by atoms with E-state index in [0.29, 0.717) is 33.6 Å². The van der Waals surface area contributed by atoms with Crippen LogP contribution in [0.3, 0.4) is 0 Å². The summed E-state index contributed by atoms with van der Waals surface area (Å²) in [4.78, 5) is 29.7. The van der Waals surface area contributed by atoms with Gasteiger partial charge in [-0.1, -0.05) is 24.3 Å². The molecule has 1 N–H and O–H groups in total. The number of benzene rings is 2. The minimum absolute atomic E-state index is 0.0909. The standard InChI is InChI=1S/C26H22N4O3/c1-15(2)30-25-21(14-27-30)20(13-22(29-25)19-7-5-4-6-16(19)3)26(32)28-18-9-10-23-17(12-18)8-11-24(31)33-23/h4-15H,1-3H3,(H,28,32). The van der Waals surface area contributed by atoms with E-state index in [1.54, 1.807) is 30.5 Å². The Morgan fingerprint density at radius 3 is 2.67 bits per heavy atom. The highest BCUT2D eigenvalue weighted by molar-refractivity contribution is 6.13. The minimum atomic E-state index is -0.413. The van der Waals surface area contributed by atoms with Crippen molar-refractivity contribution >= 4 is 33.6 Å². The van der Waals surface area contributed by atoms with Crippen molar-refractivity contribution in [2.24, 2.45) is 0 Å². The smallest absolute Gasteiger partial charge is 0.336 e. The predicted octanol–water partition coefficient (Wildman–Crippen LogP) is 5.35. The zero-order valence-electron chi connectivity index (χ0n) is 18.5. The first-order valence-electron chi connectivity index (χ1n) is 10.7. The number of rotatable bonds is 4. The quantitative estimate of drug-likeness (QED) is 0.382. The van der Waals surface area contributed by atoms with Gasteiger partial charge in [0.1, 0.15) is 5.58 Å². The molecule has 0 bridgehead atoms. The molecule has 0 saturated carbocycles. The number of hydrogen-bond donors (Lipinski definition) is 1. The van der Waals surface area contributed by atoms with Crippen molar-refractivity contribution in [1.82, 2.24) is 14.8 Å². The van der Waals surface area contributed by atoms with Gasteiger partial charge in [-0.05, 0) is 56.7 Å². The van der Waals surface area contributed by atoms with E-state index in [9.17, 15) is 9.59 Å². The molecule has 0 aliphatic heterocycles. The second kappa shape index (κ2) is 8.02. The second-order valence-electron chi connectivity index (χ2n) is 8.25. The monoisotopic (exact) mass is 438 g/mol. The number of fused-ring (bicyclic) bond motifs is 2. The second-order valence-corrected chi connectivity index (χ2v) is 8.25. The van der Waals surface area contributed by atoms with Gasteiger partial charge in [-0.25, -0.2) is 14.5 Å². The van der Waals surface area contributed by atoms with Crippen molar-refractivity contribution < 1.29 is 9.21 Å². The molecular formula is C26H22N4O3. The van der Waals surface area contributed by atoms with Crippen LogP contribution < -0.4 is 10.9 Å². The van der Waals surface area contributed by atoms with Gasteiger partial charge in [0.2, 0.25) is 0 Å². The van der Waals surface area contributed by atoms with E-state index in [1.807, 2.05) is 55.8 Å². The van der Waals surface area contributed by atoms with Gasteiger partial charge in [-0.3, -0.25) is 4.79 Å². The number of anilines is 1.